The Labute approximate surface area is 123 Å². The maximum absolute atomic E-state index is 12.0. The van der Waals surface area contributed by atoms with Crippen LogP contribution in [0.2, 0.25) is 0 Å². The van der Waals surface area contributed by atoms with Gasteiger partial charge in [-0.25, -0.2) is 0 Å². The third kappa shape index (κ3) is 5.77. The topological polar surface area (TPSA) is 44.8 Å². The molecule has 1 aliphatic heterocycles. The molecule has 0 aliphatic carbocycles. The molecule has 1 heterocycles. The second kappa shape index (κ2) is 8.60. The summed E-state index contributed by atoms with van der Waals surface area (Å²) in [5.74, 6) is -0.132. The number of esters is 1. The van der Waals surface area contributed by atoms with Gasteiger partial charge in [0.25, 0.3) is 0 Å². The van der Waals surface area contributed by atoms with E-state index >= 15 is 0 Å². The van der Waals surface area contributed by atoms with E-state index in [-0.39, 0.29) is 18.1 Å². The van der Waals surface area contributed by atoms with Gasteiger partial charge < -0.3 is 10.1 Å². The third-order valence-electron chi connectivity index (χ3n) is 3.68. The Kier molecular flexibility index (Phi) is 7.48. The van der Waals surface area contributed by atoms with E-state index in [2.05, 4.69) is 42.8 Å². The van der Waals surface area contributed by atoms with Crippen molar-refractivity contribution in [2.24, 2.45) is 0 Å². The lowest BCUT2D eigenvalue weighted by Crippen LogP contribution is -2.55. The maximum atomic E-state index is 12.0. The molecule has 1 aliphatic rings. The van der Waals surface area contributed by atoms with Crippen LogP contribution in [0.1, 0.15) is 34.6 Å². The van der Waals surface area contributed by atoms with Crippen LogP contribution < -0.4 is 5.32 Å². The van der Waals surface area contributed by atoms with Crippen LogP contribution in [0.4, 0.5) is 0 Å². The standard InChI is InChI=1S/C15H31N3O2/c1-6-20-15(19)14(16-12(2)3)11-17-7-9-18(10-8-17)13(4)5/h12-14,16H,6-11H2,1-5H3. The van der Waals surface area contributed by atoms with Gasteiger partial charge in [0.1, 0.15) is 6.04 Å². The summed E-state index contributed by atoms with van der Waals surface area (Å²) in [4.78, 5) is 16.8. The van der Waals surface area contributed by atoms with Gasteiger partial charge in [0.2, 0.25) is 0 Å². The summed E-state index contributed by atoms with van der Waals surface area (Å²) in [5, 5.41) is 3.32. The molecule has 0 amide bonds. The van der Waals surface area contributed by atoms with Gasteiger partial charge in [-0.3, -0.25) is 14.6 Å². The quantitative estimate of drug-likeness (QED) is 0.705. The van der Waals surface area contributed by atoms with E-state index < -0.39 is 0 Å². The minimum Gasteiger partial charge on any atom is -0.465 e. The molecule has 1 rings (SSSR count). The fourth-order valence-electron chi connectivity index (χ4n) is 2.56. The zero-order valence-electron chi connectivity index (χ0n) is 13.7. The first-order valence-electron chi connectivity index (χ1n) is 7.83. The molecular formula is C15H31N3O2. The summed E-state index contributed by atoms with van der Waals surface area (Å²) in [5.41, 5.74) is 0. The van der Waals surface area contributed by atoms with Gasteiger partial charge in [-0.15, -0.1) is 0 Å². The van der Waals surface area contributed by atoms with Crippen molar-refractivity contribution >= 4 is 5.97 Å². The van der Waals surface area contributed by atoms with E-state index in [1.165, 1.54) is 0 Å². The summed E-state index contributed by atoms with van der Waals surface area (Å²) >= 11 is 0. The van der Waals surface area contributed by atoms with Crippen molar-refractivity contribution in [1.82, 2.24) is 15.1 Å². The number of rotatable bonds is 7. The van der Waals surface area contributed by atoms with Crippen LogP contribution >= 0.6 is 0 Å². The summed E-state index contributed by atoms with van der Waals surface area (Å²) in [6.07, 6.45) is 0. The molecular weight excluding hydrogens is 254 g/mol. The van der Waals surface area contributed by atoms with Gasteiger partial charge in [-0.05, 0) is 20.8 Å². The van der Waals surface area contributed by atoms with Crippen molar-refractivity contribution in [1.29, 1.82) is 0 Å². The van der Waals surface area contributed by atoms with E-state index in [9.17, 15) is 4.79 Å². The Balaban J connectivity index is 2.47. The van der Waals surface area contributed by atoms with E-state index in [1.54, 1.807) is 0 Å². The molecule has 5 nitrogen and oxygen atoms in total. The average molecular weight is 285 g/mol. The van der Waals surface area contributed by atoms with Crippen molar-refractivity contribution in [2.45, 2.75) is 52.7 Å². The Hall–Kier alpha value is -0.650. The van der Waals surface area contributed by atoms with Crippen LogP contribution in [0.25, 0.3) is 0 Å². The number of hydrogen-bond acceptors (Lipinski definition) is 5. The first-order valence-corrected chi connectivity index (χ1v) is 7.83. The molecule has 1 fully saturated rings. The lowest BCUT2D eigenvalue weighted by atomic mass is 10.2. The molecule has 0 aromatic rings. The predicted molar refractivity (Wildman–Crippen MR) is 81.8 cm³/mol. The van der Waals surface area contributed by atoms with Crippen LogP contribution in [0.3, 0.4) is 0 Å². The third-order valence-corrected chi connectivity index (χ3v) is 3.68. The summed E-state index contributed by atoms with van der Waals surface area (Å²) in [6.45, 7) is 15.8. The highest BCUT2D eigenvalue weighted by molar-refractivity contribution is 5.76. The minimum absolute atomic E-state index is 0.132. The summed E-state index contributed by atoms with van der Waals surface area (Å²) < 4.78 is 5.17. The van der Waals surface area contributed by atoms with E-state index in [4.69, 9.17) is 4.74 Å². The molecule has 0 radical (unpaired) electrons. The first-order chi connectivity index (χ1) is 9.43. The molecule has 5 heteroatoms. The molecule has 1 N–H and O–H groups in total. The molecule has 1 atom stereocenters. The van der Waals surface area contributed by atoms with Crippen molar-refractivity contribution < 1.29 is 9.53 Å². The number of nitrogens with one attached hydrogen (secondary N) is 1. The van der Waals surface area contributed by atoms with Crippen molar-refractivity contribution in [2.75, 3.05) is 39.3 Å². The highest BCUT2D eigenvalue weighted by atomic mass is 16.5. The molecule has 0 aromatic carbocycles. The molecule has 1 unspecified atom stereocenters. The van der Waals surface area contributed by atoms with Gasteiger partial charge in [-0.1, -0.05) is 13.8 Å². The molecule has 1 saturated heterocycles. The second-order valence-electron chi connectivity index (χ2n) is 6.06. The van der Waals surface area contributed by atoms with Crippen molar-refractivity contribution in [3.63, 3.8) is 0 Å². The van der Waals surface area contributed by atoms with Gasteiger partial charge in [-0.2, -0.15) is 0 Å². The Bertz CT molecular complexity index is 287. The van der Waals surface area contributed by atoms with Gasteiger partial charge in [0.05, 0.1) is 6.61 Å². The first kappa shape index (κ1) is 17.4. The van der Waals surface area contributed by atoms with Crippen LogP contribution in [-0.2, 0) is 9.53 Å². The van der Waals surface area contributed by atoms with Gasteiger partial charge >= 0.3 is 5.97 Å². The molecule has 0 bridgehead atoms. The second-order valence-corrected chi connectivity index (χ2v) is 6.06. The largest absolute Gasteiger partial charge is 0.465 e. The number of carbonyl (C=O) groups is 1. The van der Waals surface area contributed by atoms with Crippen LogP contribution in [0.15, 0.2) is 0 Å². The Morgan fingerprint density at radius 1 is 1.15 bits per heavy atom. The normalized spacial score (nSPS) is 19.6. The highest BCUT2D eigenvalue weighted by Crippen LogP contribution is 2.07. The van der Waals surface area contributed by atoms with Crippen LogP contribution in [0, 0.1) is 0 Å². The van der Waals surface area contributed by atoms with E-state index in [0.29, 0.717) is 12.6 Å². The average Bonchev–Trinajstić information content (AvgIpc) is 2.38. The maximum Gasteiger partial charge on any atom is 0.324 e. The number of hydrogen-bond donors (Lipinski definition) is 1. The number of nitrogens with zero attached hydrogens (tertiary/aromatic N) is 2. The summed E-state index contributed by atoms with van der Waals surface area (Å²) in [7, 11) is 0. The Morgan fingerprint density at radius 3 is 2.20 bits per heavy atom. The van der Waals surface area contributed by atoms with Gasteiger partial charge in [0.15, 0.2) is 0 Å². The number of piperazine rings is 1. The van der Waals surface area contributed by atoms with Crippen LogP contribution in [0.5, 0.6) is 0 Å². The minimum atomic E-state index is -0.222. The predicted octanol–water partition coefficient (Wildman–Crippen LogP) is 0.942. The highest BCUT2D eigenvalue weighted by Gasteiger charge is 2.26. The monoisotopic (exact) mass is 285 g/mol. The number of carbonyl (C=O) groups excluding carboxylic acids is 1. The zero-order valence-corrected chi connectivity index (χ0v) is 13.7. The van der Waals surface area contributed by atoms with E-state index in [0.717, 1.165) is 32.7 Å². The summed E-state index contributed by atoms with van der Waals surface area (Å²) in [6, 6.07) is 0.661. The van der Waals surface area contributed by atoms with Gasteiger partial charge in [0, 0.05) is 44.8 Å². The fourth-order valence-corrected chi connectivity index (χ4v) is 2.56. The SMILES string of the molecule is CCOC(=O)C(CN1CCN(C(C)C)CC1)NC(C)C. The van der Waals surface area contributed by atoms with E-state index in [1.807, 2.05) is 6.92 Å². The zero-order chi connectivity index (χ0) is 15.1. The number of ether oxygens (including phenoxy) is 1. The Morgan fingerprint density at radius 2 is 1.75 bits per heavy atom. The molecule has 20 heavy (non-hydrogen) atoms. The molecule has 0 spiro atoms. The molecule has 0 saturated carbocycles. The smallest absolute Gasteiger partial charge is 0.324 e. The van der Waals surface area contributed by atoms with Crippen molar-refractivity contribution in [3.8, 4) is 0 Å². The molecule has 0 aromatic heterocycles. The molecule has 118 valence electrons. The fraction of sp³-hybridized carbons (Fsp3) is 0.933. The lowest BCUT2D eigenvalue weighted by Gasteiger charge is -2.38. The van der Waals surface area contributed by atoms with Crippen molar-refractivity contribution in [3.05, 3.63) is 0 Å². The lowest BCUT2D eigenvalue weighted by molar-refractivity contribution is -0.146. The van der Waals surface area contributed by atoms with Crippen LogP contribution in [-0.4, -0.2) is 73.2 Å².